The van der Waals surface area contributed by atoms with Crippen LogP contribution in [-0.2, 0) is 19.6 Å². The minimum atomic E-state index is -4.07. The lowest BCUT2D eigenvalue weighted by Crippen LogP contribution is -2.36. The third-order valence-electron chi connectivity index (χ3n) is 3.08. The molecule has 27 heavy (non-hydrogen) atoms. The van der Waals surface area contributed by atoms with Crippen molar-refractivity contribution in [3.8, 4) is 5.75 Å². The SMILES string of the molecule is COC(=O)NC(N)=Nc1cc(OS(=O)(=O)c2ccccc2)ccc1NC=O. The molecule has 0 fully saturated rings. The summed E-state index contributed by atoms with van der Waals surface area (Å²) in [7, 11) is -2.92. The zero-order chi connectivity index (χ0) is 19.9. The van der Waals surface area contributed by atoms with Crippen LogP contribution in [0.3, 0.4) is 0 Å². The molecule has 0 unspecified atom stereocenters. The Morgan fingerprint density at radius 1 is 1.19 bits per heavy atom. The van der Waals surface area contributed by atoms with Gasteiger partial charge in [0, 0.05) is 6.07 Å². The molecule has 0 aliphatic heterocycles. The van der Waals surface area contributed by atoms with E-state index in [1.165, 1.54) is 30.3 Å². The molecular formula is C16H16N4O6S. The highest BCUT2D eigenvalue weighted by Crippen LogP contribution is 2.31. The lowest BCUT2D eigenvalue weighted by molar-refractivity contribution is -0.105. The smallest absolute Gasteiger partial charge is 0.413 e. The van der Waals surface area contributed by atoms with Gasteiger partial charge >= 0.3 is 16.2 Å². The third kappa shape index (κ3) is 5.44. The molecule has 0 aliphatic rings. The molecule has 2 aromatic carbocycles. The van der Waals surface area contributed by atoms with Gasteiger partial charge in [-0.3, -0.25) is 10.1 Å². The highest BCUT2D eigenvalue weighted by molar-refractivity contribution is 7.87. The van der Waals surface area contributed by atoms with Gasteiger partial charge in [-0.15, -0.1) is 0 Å². The quantitative estimate of drug-likeness (QED) is 0.290. The number of nitrogens with one attached hydrogen (secondary N) is 2. The van der Waals surface area contributed by atoms with Crippen molar-refractivity contribution in [1.82, 2.24) is 5.32 Å². The van der Waals surface area contributed by atoms with E-state index in [2.05, 4.69) is 20.4 Å². The number of hydrogen-bond acceptors (Lipinski definition) is 7. The van der Waals surface area contributed by atoms with Gasteiger partial charge in [0.25, 0.3) is 0 Å². The number of methoxy groups -OCH3 is 1. The molecule has 4 N–H and O–H groups in total. The molecule has 142 valence electrons. The van der Waals surface area contributed by atoms with Crippen LogP contribution in [0.4, 0.5) is 16.2 Å². The van der Waals surface area contributed by atoms with Crippen LogP contribution in [0.15, 0.2) is 58.4 Å². The van der Waals surface area contributed by atoms with Crippen molar-refractivity contribution >= 4 is 40.0 Å². The Labute approximate surface area is 155 Å². The average molecular weight is 392 g/mol. The van der Waals surface area contributed by atoms with E-state index in [-0.39, 0.29) is 28.0 Å². The van der Waals surface area contributed by atoms with Crippen LogP contribution in [0.5, 0.6) is 5.75 Å². The fourth-order valence-corrected chi connectivity index (χ4v) is 2.86. The van der Waals surface area contributed by atoms with Crippen LogP contribution in [0, 0.1) is 0 Å². The van der Waals surface area contributed by atoms with E-state index in [4.69, 9.17) is 9.92 Å². The maximum Gasteiger partial charge on any atom is 0.413 e. The van der Waals surface area contributed by atoms with Crippen LogP contribution in [0.25, 0.3) is 0 Å². The number of nitrogens with zero attached hydrogens (tertiary/aromatic N) is 1. The number of benzene rings is 2. The summed E-state index contributed by atoms with van der Waals surface area (Å²) in [6.45, 7) is 0. The number of alkyl carbamates (subject to hydrolysis) is 1. The number of hydrogen-bond donors (Lipinski definition) is 3. The summed E-state index contributed by atoms with van der Waals surface area (Å²) in [6.07, 6.45) is -0.445. The Hall–Kier alpha value is -3.60. The van der Waals surface area contributed by atoms with E-state index in [0.717, 1.165) is 7.11 Å². The molecule has 2 amide bonds. The maximum absolute atomic E-state index is 12.3. The second-order valence-electron chi connectivity index (χ2n) is 4.91. The predicted molar refractivity (Wildman–Crippen MR) is 97.2 cm³/mol. The zero-order valence-electron chi connectivity index (χ0n) is 14.1. The molecule has 2 aromatic rings. The monoisotopic (exact) mass is 392 g/mol. The van der Waals surface area contributed by atoms with Crippen LogP contribution < -0.4 is 20.6 Å². The van der Waals surface area contributed by atoms with E-state index >= 15 is 0 Å². The molecule has 2 rings (SSSR count). The summed E-state index contributed by atoms with van der Waals surface area (Å²) in [6, 6.07) is 11.5. The lowest BCUT2D eigenvalue weighted by atomic mass is 10.2. The first-order chi connectivity index (χ1) is 12.9. The predicted octanol–water partition coefficient (Wildman–Crippen LogP) is 1.32. The number of rotatable bonds is 6. The van der Waals surface area contributed by atoms with Crippen molar-refractivity contribution in [1.29, 1.82) is 0 Å². The Kier molecular flexibility index (Phi) is 6.33. The first kappa shape index (κ1) is 19.7. The van der Waals surface area contributed by atoms with Gasteiger partial charge in [0.15, 0.2) is 0 Å². The molecule has 0 aliphatic carbocycles. The Bertz CT molecular complexity index is 960. The van der Waals surface area contributed by atoms with Crippen LogP contribution >= 0.6 is 0 Å². The number of guanidine groups is 1. The molecular weight excluding hydrogens is 376 g/mol. The molecule has 0 bridgehead atoms. The molecule has 0 spiro atoms. The first-order valence-corrected chi connectivity index (χ1v) is 8.79. The lowest BCUT2D eigenvalue weighted by Gasteiger charge is -2.10. The Morgan fingerprint density at radius 2 is 1.89 bits per heavy atom. The molecule has 0 atom stereocenters. The van der Waals surface area contributed by atoms with Gasteiger partial charge < -0.3 is 20.0 Å². The van der Waals surface area contributed by atoms with E-state index in [0.29, 0.717) is 6.41 Å². The number of nitrogens with two attached hydrogens (primary N) is 1. The molecule has 0 aromatic heterocycles. The van der Waals surface area contributed by atoms with Crippen molar-refractivity contribution in [2.75, 3.05) is 12.4 Å². The van der Waals surface area contributed by atoms with Crippen molar-refractivity contribution in [2.45, 2.75) is 4.90 Å². The molecule has 0 heterocycles. The highest BCUT2D eigenvalue weighted by Gasteiger charge is 2.17. The van der Waals surface area contributed by atoms with Gasteiger partial charge in [0.1, 0.15) is 10.6 Å². The normalized spacial score (nSPS) is 11.4. The van der Waals surface area contributed by atoms with Crippen LogP contribution in [0.2, 0.25) is 0 Å². The standard InChI is InChI=1S/C16H16N4O6S/c1-25-16(22)20-15(17)19-14-9-11(7-8-13(14)18-10-21)26-27(23,24)12-5-3-2-4-6-12/h2-10H,1H3,(H,18,21)(H3,17,19,20,22). The number of carbonyl (C=O) groups is 2. The second-order valence-corrected chi connectivity index (χ2v) is 6.45. The fourth-order valence-electron chi connectivity index (χ4n) is 1.92. The Morgan fingerprint density at radius 3 is 2.52 bits per heavy atom. The van der Waals surface area contributed by atoms with Crippen molar-refractivity contribution < 1.29 is 26.9 Å². The molecule has 11 heteroatoms. The van der Waals surface area contributed by atoms with Crippen LogP contribution in [0.1, 0.15) is 0 Å². The summed E-state index contributed by atoms with van der Waals surface area (Å²) in [5.74, 6) is -0.404. The van der Waals surface area contributed by atoms with Gasteiger partial charge in [-0.1, -0.05) is 18.2 Å². The second kappa shape index (κ2) is 8.67. The largest absolute Gasteiger partial charge is 0.453 e. The Balaban J connectivity index is 2.35. The molecule has 0 saturated carbocycles. The van der Waals surface area contributed by atoms with Gasteiger partial charge in [-0.25, -0.2) is 9.79 Å². The minimum absolute atomic E-state index is 0.0305. The van der Waals surface area contributed by atoms with Crippen molar-refractivity contribution in [2.24, 2.45) is 10.7 Å². The molecule has 10 nitrogen and oxygen atoms in total. The number of amides is 2. The van der Waals surface area contributed by atoms with E-state index in [9.17, 15) is 18.0 Å². The summed E-state index contributed by atoms with van der Waals surface area (Å²) in [5, 5.41) is 4.51. The summed E-state index contributed by atoms with van der Waals surface area (Å²) < 4.78 is 34.1. The molecule has 0 saturated heterocycles. The third-order valence-corrected chi connectivity index (χ3v) is 4.34. The highest BCUT2D eigenvalue weighted by atomic mass is 32.2. The summed E-state index contributed by atoms with van der Waals surface area (Å²) in [4.78, 5) is 25.8. The van der Waals surface area contributed by atoms with Gasteiger partial charge in [-0.05, 0) is 24.3 Å². The van der Waals surface area contributed by atoms with Crippen LogP contribution in [-0.4, -0.2) is 34.0 Å². The minimum Gasteiger partial charge on any atom is -0.453 e. The summed E-state index contributed by atoms with van der Waals surface area (Å²) in [5.41, 5.74) is 5.84. The fraction of sp³-hybridized carbons (Fsp3) is 0.0625. The molecule has 0 radical (unpaired) electrons. The average Bonchev–Trinajstić information content (AvgIpc) is 2.64. The topological polar surface area (TPSA) is 149 Å². The van der Waals surface area contributed by atoms with Crippen molar-refractivity contribution in [3.63, 3.8) is 0 Å². The number of carbonyl (C=O) groups excluding carboxylic acids is 2. The summed E-state index contributed by atoms with van der Waals surface area (Å²) >= 11 is 0. The van der Waals surface area contributed by atoms with E-state index in [1.54, 1.807) is 18.2 Å². The van der Waals surface area contributed by atoms with E-state index in [1.807, 2.05) is 0 Å². The van der Waals surface area contributed by atoms with Gasteiger partial charge in [0.2, 0.25) is 12.4 Å². The number of aliphatic imine (C=N–C) groups is 1. The zero-order valence-corrected chi connectivity index (χ0v) is 14.9. The van der Waals surface area contributed by atoms with Crippen molar-refractivity contribution in [3.05, 3.63) is 48.5 Å². The number of ether oxygens (including phenoxy) is 1. The first-order valence-electron chi connectivity index (χ1n) is 7.38. The van der Waals surface area contributed by atoms with Gasteiger partial charge in [-0.2, -0.15) is 8.42 Å². The van der Waals surface area contributed by atoms with E-state index < -0.39 is 16.2 Å². The number of anilines is 1. The van der Waals surface area contributed by atoms with Gasteiger partial charge in [0.05, 0.1) is 18.5 Å². The maximum atomic E-state index is 12.3.